The van der Waals surface area contributed by atoms with Gasteiger partial charge in [-0.1, -0.05) is 0 Å². The van der Waals surface area contributed by atoms with E-state index in [1.165, 1.54) is 28.1 Å². The van der Waals surface area contributed by atoms with Crippen molar-refractivity contribution in [2.24, 2.45) is 0 Å². The van der Waals surface area contributed by atoms with Gasteiger partial charge in [-0.05, 0) is 26.0 Å². The number of fused-ring (bicyclic) bond motifs is 3. The molecule has 1 fully saturated rings. The van der Waals surface area contributed by atoms with Crippen LogP contribution in [0.3, 0.4) is 0 Å². The van der Waals surface area contributed by atoms with Crippen LogP contribution in [0.15, 0.2) is 12.1 Å². The molecule has 3 aliphatic rings. The molecule has 14 heteroatoms. The Kier molecular flexibility index (Phi) is 8.23. The zero-order chi connectivity index (χ0) is 33.4. The Morgan fingerprint density at radius 3 is 2.00 bits per heavy atom. The van der Waals surface area contributed by atoms with E-state index in [9.17, 15) is 39.9 Å². The van der Waals surface area contributed by atoms with Crippen molar-refractivity contribution < 1.29 is 58.9 Å². The number of ether oxygens (including phenoxy) is 4. The molecule has 2 aromatic rings. The maximum absolute atomic E-state index is 14.2. The monoisotopic (exact) mass is 630 g/mol. The Balaban J connectivity index is 1.76. The van der Waals surface area contributed by atoms with Crippen LogP contribution in [0.25, 0.3) is 0 Å². The number of anilines is 2. The number of benzene rings is 2. The van der Waals surface area contributed by atoms with Crippen LogP contribution in [-0.2, 0) is 18.9 Å². The van der Waals surface area contributed by atoms with E-state index >= 15 is 0 Å². The zero-order valence-electron chi connectivity index (χ0n) is 26.2. The summed E-state index contributed by atoms with van der Waals surface area (Å²) in [6.07, 6.45) is -9.39. The van der Waals surface area contributed by atoms with Gasteiger partial charge in [-0.3, -0.25) is 14.4 Å². The predicted octanol–water partition coefficient (Wildman–Crippen LogP) is 0.507. The molecule has 14 nitrogen and oxygen atoms in total. The second-order valence-electron chi connectivity index (χ2n) is 12.2. The number of hydrogen-bond acceptors (Lipinski definition) is 14. The van der Waals surface area contributed by atoms with E-state index in [2.05, 4.69) is 0 Å². The molecule has 0 saturated carbocycles. The summed E-state index contributed by atoms with van der Waals surface area (Å²) in [7, 11) is 9.08. The number of aliphatic hydroxyl groups excluding tert-OH is 2. The summed E-state index contributed by atoms with van der Waals surface area (Å²) in [5, 5.41) is 55.4. The number of Topliss-reactive ketones (excluding diaryl/α,β-unsaturated/α-hetero) is 1. The van der Waals surface area contributed by atoms with Gasteiger partial charge in [-0.2, -0.15) is 0 Å². The van der Waals surface area contributed by atoms with Crippen molar-refractivity contribution in [1.82, 2.24) is 0 Å². The summed E-state index contributed by atoms with van der Waals surface area (Å²) in [6.45, 7) is 2.67. The summed E-state index contributed by atoms with van der Waals surface area (Å²) in [5.41, 5.74) is -3.49. The second kappa shape index (κ2) is 11.3. The first-order valence-corrected chi connectivity index (χ1v) is 14.2. The van der Waals surface area contributed by atoms with Gasteiger partial charge in [0.15, 0.2) is 29.2 Å². The number of hydrogen-bond donors (Lipinski definition) is 5. The third-order valence-corrected chi connectivity index (χ3v) is 8.90. The number of rotatable bonds is 6. The summed E-state index contributed by atoms with van der Waals surface area (Å²) < 4.78 is 22.8. The van der Waals surface area contributed by atoms with E-state index in [0.717, 1.165) is 6.07 Å². The first-order chi connectivity index (χ1) is 21.0. The van der Waals surface area contributed by atoms with Crippen LogP contribution < -0.4 is 9.80 Å². The molecule has 45 heavy (non-hydrogen) atoms. The molecule has 0 bridgehead atoms. The first-order valence-electron chi connectivity index (χ1n) is 14.2. The average molecular weight is 631 g/mol. The normalized spacial score (nSPS) is 30.9. The van der Waals surface area contributed by atoms with Crippen LogP contribution in [-0.4, -0.2) is 128 Å². The highest BCUT2D eigenvalue weighted by atomic mass is 16.7. The Hall–Kier alpha value is -3.63. The fraction of sp³-hybridized carbons (Fsp3) is 0.516. The Bertz CT molecular complexity index is 1590. The first kappa shape index (κ1) is 32.8. The van der Waals surface area contributed by atoms with Gasteiger partial charge >= 0.3 is 0 Å². The number of aromatic hydroxyl groups is 2. The van der Waals surface area contributed by atoms with E-state index in [4.69, 9.17) is 18.9 Å². The molecule has 5 unspecified atom stereocenters. The van der Waals surface area contributed by atoms with E-state index in [-0.39, 0.29) is 33.5 Å². The maximum Gasteiger partial charge on any atom is 0.202 e. The lowest BCUT2D eigenvalue weighted by Gasteiger charge is -2.46. The minimum absolute atomic E-state index is 0.113. The molecule has 0 amide bonds. The highest BCUT2D eigenvalue weighted by Gasteiger charge is 2.56. The number of carbonyl (C=O) groups excluding carboxylic acids is 3. The van der Waals surface area contributed by atoms with Crippen molar-refractivity contribution in [2.45, 2.75) is 62.4 Å². The zero-order valence-corrected chi connectivity index (χ0v) is 26.2. The minimum atomic E-state index is -2.26. The molecule has 8 atom stereocenters. The SMILES string of the molecule is COC1C(O[C@@H]2c3c(cc4c(c3O)C(=O)c3c(O)c(N(C)C)cc(N(C)C)c3C4=O)C(=O)[C@@](C)(O)[C@H]2OC)OC(C)C(O)C1O. The molecule has 1 saturated heterocycles. The van der Waals surface area contributed by atoms with Gasteiger partial charge in [-0.15, -0.1) is 0 Å². The molecule has 0 spiro atoms. The number of nitrogens with zero attached hydrogens (tertiary/aromatic N) is 2. The molecular weight excluding hydrogens is 592 g/mol. The van der Waals surface area contributed by atoms with Crippen LogP contribution in [0.5, 0.6) is 11.5 Å². The van der Waals surface area contributed by atoms with Gasteiger partial charge in [0.05, 0.1) is 34.2 Å². The average Bonchev–Trinajstić information content (AvgIpc) is 2.96. The van der Waals surface area contributed by atoms with Crippen molar-refractivity contribution in [1.29, 1.82) is 0 Å². The van der Waals surface area contributed by atoms with Gasteiger partial charge in [0, 0.05) is 59.1 Å². The lowest BCUT2D eigenvalue weighted by molar-refractivity contribution is -0.321. The lowest BCUT2D eigenvalue weighted by atomic mass is 9.72. The third kappa shape index (κ3) is 4.71. The lowest BCUT2D eigenvalue weighted by Crippen LogP contribution is -2.60. The van der Waals surface area contributed by atoms with Crippen LogP contribution in [0.2, 0.25) is 0 Å². The van der Waals surface area contributed by atoms with Gasteiger partial charge in [0.2, 0.25) is 5.78 Å². The molecule has 5 N–H and O–H groups in total. The van der Waals surface area contributed by atoms with E-state index in [1.807, 2.05) is 0 Å². The molecule has 0 radical (unpaired) electrons. The number of phenolic OH excluding ortho intramolecular Hbond substituents is 2. The molecule has 1 aliphatic heterocycles. The Morgan fingerprint density at radius 1 is 0.822 bits per heavy atom. The number of methoxy groups -OCH3 is 2. The van der Waals surface area contributed by atoms with E-state index in [0.29, 0.717) is 5.69 Å². The van der Waals surface area contributed by atoms with Crippen LogP contribution in [0.1, 0.15) is 67.7 Å². The third-order valence-electron chi connectivity index (χ3n) is 8.90. The van der Waals surface area contributed by atoms with Crippen molar-refractivity contribution in [2.75, 3.05) is 52.2 Å². The van der Waals surface area contributed by atoms with Crippen LogP contribution in [0, 0.1) is 0 Å². The Morgan fingerprint density at radius 2 is 1.44 bits per heavy atom. The number of carbonyl (C=O) groups is 3. The van der Waals surface area contributed by atoms with E-state index in [1.54, 1.807) is 44.1 Å². The summed E-state index contributed by atoms with van der Waals surface area (Å²) in [4.78, 5) is 45.2. The molecule has 244 valence electrons. The van der Waals surface area contributed by atoms with Crippen LogP contribution >= 0.6 is 0 Å². The highest BCUT2D eigenvalue weighted by molar-refractivity contribution is 6.33. The topological polar surface area (TPSA) is 196 Å². The molecule has 2 aromatic carbocycles. The standard InChI is InChI=1S/C31H38N2O12/c1-11-20(34)25(39)27(42-7)30(44-11)45-26-17-13(28(40)31(2,41)29(26)43-8)9-12-16(23(17)37)24(38)19-18(21(12)35)14(32(3)4)10-15(22(19)36)33(5)6/h9-11,20,25-27,29-30,34,36-37,39,41H,1-8H3/t11?,20?,25?,26-,27?,29+,30?,31-/m1/s1. The molecule has 1 heterocycles. The second-order valence-corrected chi connectivity index (χ2v) is 12.2. The highest BCUT2D eigenvalue weighted by Crippen LogP contribution is 2.51. The molecule has 0 aromatic heterocycles. The number of phenols is 2. The fourth-order valence-electron chi connectivity index (χ4n) is 6.47. The summed E-state index contributed by atoms with van der Waals surface area (Å²) >= 11 is 0. The quantitative estimate of drug-likeness (QED) is 0.253. The molecular formula is C31H38N2O12. The van der Waals surface area contributed by atoms with Gasteiger partial charge in [0.1, 0.15) is 36.3 Å². The predicted molar refractivity (Wildman–Crippen MR) is 158 cm³/mol. The smallest absolute Gasteiger partial charge is 0.202 e. The van der Waals surface area contributed by atoms with Gasteiger partial charge < -0.3 is 54.3 Å². The number of ketones is 3. The van der Waals surface area contributed by atoms with Crippen molar-refractivity contribution >= 4 is 28.7 Å². The largest absolute Gasteiger partial charge is 0.507 e. The van der Waals surface area contributed by atoms with E-state index < -0.39 is 82.9 Å². The molecule has 5 rings (SSSR count). The fourth-order valence-corrected chi connectivity index (χ4v) is 6.47. The Labute approximate surface area is 259 Å². The van der Waals surface area contributed by atoms with Crippen molar-refractivity contribution in [3.05, 3.63) is 45.5 Å². The van der Waals surface area contributed by atoms with Crippen molar-refractivity contribution in [3.63, 3.8) is 0 Å². The van der Waals surface area contributed by atoms with Gasteiger partial charge in [0.25, 0.3) is 0 Å². The summed E-state index contributed by atoms with van der Waals surface area (Å²) in [5.74, 6) is -3.78. The van der Waals surface area contributed by atoms with Crippen molar-refractivity contribution in [3.8, 4) is 11.5 Å². The van der Waals surface area contributed by atoms with Crippen LogP contribution in [0.4, 0.5) is 11.4 Å². The van der Waals surface area contributed by atoms with Gasteiger partial charge in [-0.25, -0.2) is 0 Å². The maximum atomic E-state index is 14.2. The number of aliphatic hydroxyl groups is 3. The molecule has 2 aliphatic carbocycles. The summed E-state index contributed by atoms with van der Waals surface area (Å²) in [6, 6.07) is 2.67. The minimum Gasteiger partial charge on any atom is -0.507 e.